The van der Waals surface area contributed by atoms with Crippen LogP contribution in [0.4, 0.5) is 5.69 Å². The number of carbonyl (C=O) groups excluding carboxylic acids is 3. The highest BCUT2D eigenvalue weighted by Gasteiger charge is 2.29. The first-order chi connectivity index (χ1) is 13.7. The molecule has 6 nitrogen and oxygen atoms in total. The van der Waals surface area contributed by atoms with Crippen molar-refractivity contribution < 1.29 is 14.4 Å². The van der Waals surface area contributed by atoms with E-state index in [-0.39, 0.29) is 29.2 Å². The summed E-state index contributed by atoms with van der Waals surface area (Å²) < 4.78 is 0. The normalized spacial score (nSPS) is 15.1. The van der Waals surface area contributed by atoms with Crippen LogP contribution in [-0.4, -0.2) is 41.2 Å². The van der Waals surface area contributed by atoms with Gasteiger partial charge in [0, 0.05) is 24.5 Å². The Bertz CT molecular complexity index is 879. The Kier molecular flexibility index (Phi) is 6.37. The summed E-state index contributed by atoms with van der Waals surface area (Å²) in [7, 11) is 0. The van der Waals surface area contributed by atoms with E-state index in [9.17, 15) is 14.4 Å². The topological polar surface area (TPSA) is 78.5 Å². The van der Waals surface area contributed by atoms with Crippen LogP contribution in [-0.2, 0) is 4.79 Å². The molecule has 2 heterocycles. The van der Waals surface area contributed by atoms with E-state index in [1.807, 2.05) is 38.3 Å². The smallest absolute Gasteiger partial charge is 0.263 e. The molecule has 0 aliphatic carbocycles. The van der Waals surface area contributed by atoms with Gasteiger partial charge in [-0.2, -0.15) is 0 Å². The first kappa shape index (κ1) is 21.0. The van der Waals surface area contributed by atoms with Crippen LogP contribution >= 0.6 is 11.3 Å². The highest BCUT2D eigenvalue weighted by atomic mass is 32.1. The quantitative estimate of drug-likeness (QED) is 0.801. The largest absolute Gasteiger partial charge is 0.347 e. The predicted octanol–water partition coefficient (Wildman–Crippen LogP) is 3.77. The Morgan fingerprint density at radius 1 is 1.03 bits per heavy atom. The Labute approximate surface area is 175 Å². The van der Waals surface area contributed by atoms with Crippen LogP contribution in [0.1, 0.15) is 53.6 Å². The van der Waals surface area contributed by atoms with Gasteiger partial charge in [-0.25, -0.2) is 0 Å². The first-order valence-electron chi connectivity index (χ1n) is 9.80. The van der Waals surface area contributed by atoms with E-state index < -0.39 is 0 Å². The van der Waals surface area contributed by atoms with Crippen molar-refractivity contribution in [3.63, 3.8) is 0 Å². The zero-order valence-corrected chi connectivity index (χ0v) is 17.8. The minimum absolute atomic E-state index is 0.0306. The molecule has 1 aromatic carbocycles. The second-order valence-electron chi connectivity index (χ2n) is 8.28. The van der Waals surface area contributed by atoms with Crippen molar-refractivity contribution in [1.82, 2.24) is 10.2 Å². The summed E-state index contributed by atoms with van der Waals surface area (Å²) in [5, 5.41) is 7.73. The van der Waals surface area contributed by atoms with Crippen molar-refractivity contribution in [3.8, 4) is 0 Å². The Morgan fingerprint density at radius 3 is 2.34 bits per heavy atom. The molecule has 1 aliphatic rings. The lowest BCUT2D eigenvalue weighted by Crippen LogP contribution is -2.42. The van der Waals surface area contributed by atoms with Crippen LogP contribution in [0.5, 0.6) is 0 Å². The molecule has 3 rings (SSSR count). The lowest BCUT2D eigenvalue weighted by Gasteiger charge is -2.31. The maximum absolute atomic E-state index is 12.8. The molecule has 154 valence electrons. The van der Waals surface area contributed by atoms with Crippen LogP contribution in [0.15, 0.2) is 41.8 Å². The first-order valence-corrected chi connectivity index (χ1v) is 10.7. The van der Waals surface area contributed by atoms with Gasteiger partial charge < -0.3 is 15.5 Å². The number of carbonyl (C=O) groups is 3. The number of piperidine rings is 1. The number of thiophene rings is 1. The fourth-order valence-corrected chi connectivity index (χ4v) is 4.02. The van der Waals surface area contributed by atoms with Crippen molar-refractivity contribution in [2.75, 3.05) is 18.4 Å². The van der Waals surface area contributed by atoms with Crippen molar-refractivity contribution in [2.45, 2.75) is 39.2 Å². The van der Waals surface area contributed by atoms with Crippen molar-refractivity contribution in [2.24, 2.45) is 5.92 Å². The summed E-state index contributed by atoms with van der Waals surface area (Å²) in [6, 6.07) is 10.7. The lowest BCUT2D eigenvalue weighted by atomic mass is 9.95. The van der Waals surface area contributed by atoms with Crippen molar-refractivity contribution >= 4 is 34.7 Å². The molecule has 7 heteroatoms. The minimum atomic E-state index is -0.365. The number of amides is 3. The maximum Gasteiger partial charge on any atom is 0.263 e. The van der Waals surface area contributed by atoms with Crippen LogP contribution in [0.2, 0.25) is 0 Å². The molecule has 29 heavy (non-hydrogen) atoms. The molecule has 1 aliphatic heterocycles. The van der Waals surface area contributed by atoms with Gasteiger partial charge in [0.1, 0.15) is 0 Å². The highest BCUT2D eigenvalue weighted by Crippen LogP contribution is 2.23. The van der Waals surface area contributed by atoms with Gasteiger partial charge in [-0.3, -0.25) is 14.4 Å². The number of nitrogens with one attached hydrogen (secondary N) is 2. The number of rotatable bonds is 4. The average molecular weight is 414 g/mol. The number of hydrogen-bond acceptors (Lipinski definition) is 4. The summed E-state index contributed by atoms with van der Waals surface area (Å²) in [5.74, 6) is -0.474. The van der Waals surface area contributed by atoms with Gasteiger partial charge in [-0.1, -0.05) is 18.2 Å². The molecular weight excluding hydrogens is 386 g/mol. The standard InChI is InChI=1S/C22H27N3O3S/c1-22(2,3)24-20(27)16-7-4-5-8-17(16)23-19(26)15-10-12-25(13-11-15)21(28)18-9-6-14-29-18/h4-9,14-15H,10-13H2,1-3H3,(H,23,26)(H,24,27). The van der Waals surface area contributed by atoms with Gasteiger partial charge in [0.25, 0.3) is 11.8 Å². The molecule has 0 saturated carbocycles. The number of para-hydroxylation sites is 1. The van der Waals surface area contributed by atoms with Gasteiger partial charge >= 0.3 is 0 Å². The Morgan fingerprint density at radius 2 is 1.72 bits per heavy atom. The lowest BCUT2D eigenvalue weighted by molar-refractivity contribution is -0.121. The van der Waals surface area contributed by atoms with E-state index >= 15 is 0 Å². The zero-order valence-electron chi connectivity index (χ0n) is 17.0. The molecule has 0 unspecified atom stereocenters. The van der Waals surface area contributed by atoms with E-state index in [0.29, 0.717) is 37.2 Å². The predicted molar refractivity (Wildman–Crippen MR) is 115 cm³/mol. The molecule has 0 atom stereocenters. The summed E-state index contributed by atoms with van der Waals surface area (Å²) in [5.41, 5.74) is 0.591. The molecule has 1 aromatic heterocycles. The number of anilines is 1. The molecule has 0 radical (unpaired) electrons. The maximum atomic E-state index is 12.8. The fraction of sp³-hybridized carbons (Fsp3) is 0.409. The third-order valence-electron chi connectivity index (χ3n) is 4.80. The van der Waals surface area contributed by atoms with Gasteiger partial charge in [-0.15, -0.1) is 11.3 Å². The summed E-state index contributed by atoms with van der Waals surface area (Å²) in [6.07, 6.45) is 1.22. The number of nitrogens with zero attached hydrogens (tertiary/aromatic N) is 1. The number of hydrogen-bond donors (Lipinski definition) is 2. The van der Waals surface area contributed by atoms with Gasteiger partial charge in [-0.05, 0) is 57.2 Å². The van der Waals surface area contributed by atoms with Gasteiger partial charge in [0.2, 0.25) is 5.91 Å². The van der Waals surface area contributed by atoms with Crippen LogP contribution < -0.4 is 10.6 Å². The Balaban J connectivity index is 1.60. The van der Waals surface area contributed by atoms with E-state index in [1.165, 1.54) is 11.3 Å². The van der Waals surface area contributed by atoms with Crippen molar-refractivity contribution in [1.29, 1.82) is 0 Å². The third kappa shape index (κ3) is 5.44. The second kappa shape index (κ2) is 8.78. The third-order valence-corrected chi connectivity index (χ3v) is 5.66. The van der Waals surface area contributed by atoms with Crippen molar-refractivity contribution in [3.05, 3.63) is 52.2 Å². The molecule has 0 bridgehead atoms. The summed E-state index contributed by atoms with van der Waals surface area (Å²) >= 11 is 1.43. The second-order valence-corrected chi connectivity index (χ2v) is 9.23. The monoisotopic (exact) mass is 413 g/mol. The molecule has 0 spiro atoms. The van der Waals surface area contributed by atoms with E-state index in [1.54, 1.807) is 29.2 Å². The number of likely N-dealkylation sites (tertiary alicyclic amines) is 1. The summed E-state index contributed by atoms with van der Waals surface area (Å²) in [6.45, 7) is 6.86. The highest BCUT2D eigenvalue weighted by molar-refractivity contribution is 7.12. The van der Waals surface area contributed by atoms with Crippen LogP contribution in [0, 0.1) is 5.92 Å². The van der Waals surface area contributed by atoms with Gasteiger partial charge in [0.05, 0.1) is 16.1 Å². The fourth-order valence-electron chi connectivity index (χ4n) is 3.33. The SMILES string of the molecule is CC(C)(C)NC(=O)c1ccccc1NC(=O)C1CCN(C(=O)c2cccs2)CC1. The zero-order chi connectivity index (χ0) is 21.0. The average Bonchev–Trinajstić information content (AvgIpc) is 3.21. The van der Waals surface area contributed by atoms with Crippen LogP contribution in [0.25, 0.3) is 0 Å². The molecule has 2 aromatic rings. The van der Waals surface area contributed by atoms with E-state index in [2.05, 4.69) is 10.6 Å². The Hall–Kier alpha value is -2.67. The van der Waals surface area contributed by atoms with E-state index in [0.717, 1.165) is 4.88 Å². The van der Waals surface area contributed by atoms with Crippen LogP contribution in [0.3, 0.4) is 0 Å². The molecule has 3 amide bonds. The minimum Gasteiger partial charge on any atom is -0.347 e. The molecule has 2 N–H and O–H groups in total. The summed E-state index contributed by atoms with van der Waals surface area (Å²) in [4.78, 5) is 40.3. The molecular formula is C22H27N3O3S. The van der Waals surface area contributed by atoms with E-state index in [4.69, 9.17) is 0 Å². The molecule has 1 saturated heterocycles. The molecule has 1 fully saturated rings. The number of benzene rings is 1. The van der Waals surface area contributed by atoms with Gasteiger partial charge in [0.15, 0.2) is 0 Å².